The number of hydrogen-bond donors (Lipinski definition) is 0. The summed E-state index contributed by atoms with van der Waals surface area (Å²) in [6.45, 7) is 0.472. The van der Waals surface area contributed by atoms with Gasteiger partial charge in [-0.1, -0.05) is 0 Å². The lowest BCUT2D eigenvalue weighted by atomic mass is 10.1. The molecule has 168 valence electrons. The molecule has 0 saturated carbocycles. The molecule has 1 aliphatic rings. The monoisotopic (exact) mass is 464 g/mol. The molecule has 1 amide bonds. The Morgan fingerprint density at radius 3 is 2.06 bits per heavy atom. The highest BCUT2D eigenvalue weighted by molar-refractivity contribution is 7.89. The predicted molar refractivity (Wildman–Crippen MR) is 110 cm³/mol. The van der Waals surface area contributed by atoms with Gasteiger partial charge in [-0.05, 0) is 54.6 Å². The van der Waals surface area contributed by atoms with E-state index in [4.69, 9.17) is 0 Å². The Kier molecular flexibility index (Phi) is 5.78. The third kappa shape index (κ3) is 4.39. The summed E-state index contributed by atoms with van der Waals surface area (Å²) in [7, 11) is -3.95. The van der Waals surface area contributed by atoms with Crippen molar-refractivity contribution in [2.45, 2.75) is 11.1 Å². The van der Waals surface area contributed by atoms with Crippen LogP contribution in [0.3, 0.4) is 0 Å². The molecule has 7 nitrogen and oxygen atoms in total. The maximum absolute atomic E-state index is 12.8. The minimum atomic E-state index is -4.54. The normalized spacial score (nSPS) is 15.7. The molecule has 1 fully saturated rings. The van der Waals surface area contributed by atoms with Crippen LogP contribution in [0.5, 0.6) is 0 Å². The summed E-state index contributed by atoms with van der Waals surface area (Å²) in [6.07, 6.45) is -1.10. The Morgan fingerprint density at radius 2 is 1.53 bits per heavy atom. The number of piperazine rings is 1. The Balaban J connectivity index is 1.40. The number of nitrogens with zero attached hydrogens (tertiary/aromatic N) is 4. The number of rotatable bonds is 4. The van der Waals surface area contributed by atoms with E-state index in [1.54, 1.807) is 52.3 Å². The lowest BCUT2D eigenvalue weighted by Crippen LogP contribution is -2.50. The smallest absolute Gasteiger partial charge is 0.336 e. The highest BCUT2D eigenvalue weighted by Crippen LogP contribution is 2.30. The maximum Gasteiger partial charge on any atom is 0.416 e. The topological polar surface area (TPSA) is 75.5 Å². The predicted octanol–water partition coefficient (Wildman–Crippen LogP) is 3.04. The molecule has 1 saturated heterocycles. The molecule has 1 aromatic heterocycles. The van der Waals surface area contributed by atoms with Crippen molar-refractivity contribution in [2.24, 2.45) is 0 Å². The zero-order chi connectivity index (χ0) is 22.9. The second kappa shape index (κ2) is 8.40. The number of halogens is 3. The van der Waals surface area contributed by atoms with Crippen LogP contribution in [0.1, 0.15) is 15.9 Å². The minimum absolute atomic E-state index is 0.0560. The molecule has 0 bridgehead atoms. The molecule has 0 N–H and O–H groups in total. The molecule has 11 heteroatoms. The molecule has 0 aliphatic carbocycles. The third-order valence-electron chi connectivity index (χ3n) is 5.23. The molecule has 0 radical (unpaired) electrons. The van der Waals surface area contributed by atoms with Crippen LogP contribution >= 0.6 is 0 Å². The van der Waals surface area contributed by atoms with Crippen LogP contribution in [0.4, 0.5) is 13.2 Å². The van der Waals surface area contributed by atoms with Crippen LogP contribution < -0.4 is 0 Å². The first-order valence-electron chi connectivity index (χ1n) is 9.73. The van der Waals surface area contributed by atoms with Crippen LogP contribution in [0.25, 0.3) is 5.69 Å². The summed E-state index contributed by atoms with van der Waals surface area (Å²) in [4.78, 5) is 14.1. The first-order valence-corrected chi connectivity index (χ1v) is 11.2. The summed E-state index contributed by atoms with van der Waals surface area (Å²) in [5.41, 5.74) is 0.365. The van der Waals surface area contributed by atoms with Crippen LogP contribution in [0.2, 0.25) is 0 Å². The molecular weight excluding hydrogens is 445 g/mol. The molecule has 32 heavy (non-hydrogen) atoms. The second-order valence-corrected chi connectivity index (χ2v) is 9.15. The zero-order valence-corrected chi connectivity index (χ0v) is 17.6. The fourth-order valence-electron chi connectivity index (χ4n) is 3.46. The Hall–Kier alpha value is -3.18. The molecule has 2 heterocycles. The van der Waals surface area contributed by atoms with Crippen LogP contribution in [-0.2, 0) is 16.2 Å². The lowest BCUT2D eigenvalue weighted by molar-refractivity contribution is -0.137. The average molecular weight is 464 g/mol. The van der Waals surface area contributed by atoms with Gasteiger partial charge in [0, 0.05) is 44.1 Å². The number of alkyl halides is 3. The first-order chi connectivity index (χ1) is 15.2. The quantitative estimate of drug-likeness (QED) is 0.595. The summed E-state index contributed by atoms with van der Waals surface area (Å²) in [5.74, 6) is -0.219. The van der Waals surface area contributed by atoms with Gasteiger partial charge >= 0.3 is 6.18 Å². The van der Waals surface area contributed by atoms with E-state index < -0.39 is 21.8 Å². The minimum Gasteiger partial charge on any atom is -0.336 e. The van der Waals surface area contributed by atoms with Gasteiger partial charge in [-0.3, -0.25) is 4.79 Å². The molecule has 1 aliphatic heterocycles. The van der Waals surface area contributed by atoms with E-state index in [2.05, 4.69) is 5.10 Å². The van der Waals surface area contributed by atoms with Gasteiger partial charge < -0.3 is 4.90 Å². The molecule has 0 unspecified atom stereocenters. The van der Waals surface area contributed by atoms with E-state index in [0.717, 1.165) is 30.0 Å². The summed E-state index contributed by atoms with van der Waals surface area (Å²) < 4.78 is 66.6. The van der Waals surface area contributed by atoms with Gasteiger partial charge in [0.15, 0.2) is 0 Å². The Bertz CT molecular complexity index is 1180. The van der Waals surface area contributed by atoms with E-state index in [-0.39, 0.29) is 37.0 Å². The van der Waals surface area contributed by atoms with Gasteiger partial charge in [-0.15, -0.1) is 0 Å². The number of amides is 1. The van der Waals surface area contributed by atoms with Crippen LogP contribution in [0, 0.1) is 0 Å². The summed E-state index contributed by atoms with van der Waals surface area (Å²) in [6, 6.07) is 12.1. The molecular formula is C21H19F3N4O3S. The second-order valence-electron chi connectivity index (χ2n) is 7.22. The lowest BCUT2D eigenvalue weighted by Gasteiger charge is -2.34. The van der Waals surface area contributed by atoms with E-state index in [0.29, 0.717) is 5.56 Å². The van der Waals surface area contributed by atoms with Gasteiger partial charge in [0.2, 0.25) is 10.0 Å². The van der Waals surface area contributed by atoms with Gasteiger partial charge in [0.05, 0.1) is 16.1 Å². The fourth-order valence-corrected chi connectivity index (χ4v) is 4.88. The number of carbonyl (C=O) groups is 1. The number of hydrogen-bond acceptors (Lipinski definition) is 4. The van der Waals surface area contributed by atoms with Crippen molar-refractivity contribution in [3.63, 3.8) is 0 Å². The average Bonchev–Trinajstić information content (AvgIpc) is 3.33. The Labute approximate surface area is 182 Å². The van der Waals surface area contributed by atoms with Crippen molar-refractivity contribution in [1.29, 1.82) is 0 Å². The van der Waals surface area contributed by atoms with Crippen molar-refractivity contribution in [1.82, 2.24) is 19.0 Å². The molecule has 4 rings (SSSR count). The maximum atomic E-state index is 12.8. The number of carbonyl (C=O) groups excluding carboxylic acids is 1. The molecule has 2 aromatic carbocycles. The van der Waals surface area contributed by atoms with E-state index in [1.807, 2.05) is 0 Å². The highest BCUT2D eigenvalue weighted by atomic mass is 32.2. The molecule has 0 atom stereocenters. The molecule has 0 spiro atoms. The number of sulfonamides is 1. The van der Waals surface area contributed by atoms with Gasteiger partial charge in [-0.2, -0.15) is 22.6 Å². The van der Waals surface area contributed by atoms with Gasteiger partial charge in [0.1, 0.15) is 0 Å². The van der Waals surface area contributed by atoms with Crippen molar-refractivity contribution in [2.75, 3.05) is 26.2 Å². The van der Waals surface area contributed by atoms with Crippen molar-refractivity contribution in [3.05, 3.63) is 78.1 Å². The Morgan fingerprint density at radius 1 is 0.906 bits per heavy atom. The van der Waals surface area contributed by atoms with Crippen LogP contribution in [-0.4, -0.2) is 59.5 Å². The zero-order valence-electron chi connectivity index (χ0n) is 16.7. The summed E-state index contributed by atoms with van der Waals surface area (Å²) in [5, 5.41) is 4.13. The van der Waals surface area contributed by atoms with Crippen molar-refractivity contribution >= 4 is 15.9 Å². The highest BCUT2D eigenvalue weighted by Gasteiger charge is 2.33. The SMILES string of the molecule is O=C(c1ccc(-n2cccn2)cc1)N1CCN(S(=O)(=O)c2ccc(C(F)(F)F)cc2)CC1. The van der Waals surface area contributed by atoms with Crippen LogP contribution in [0.15, 0.2) is 71.9 Å². The standard InChI is InChI=1S/C21H19F3N4O3S/c22-21(23,24)17-4-8-19(9-5-17)32(30,31)27-14-12-26(13-15-27)20(29)16-2-6-18(7-3-16)28-11-1-10-25-28/h1-11H,12-15H2. The van der Waals surface area contributed by atoms with Crippen molar-refractivity contribution < 1.29 is 26.4 Å². The number of aromatic nitrogens is 2. The fraction of sp³-hybridized carbons (Fsp3) is 0.238. The van der Waals surface area contributed by atoms with Gasteiger partial charge in [-0.25, -0.2) is 13.1 Å². The first kappa shape index (κ1) is 22.0. The third-order valence-corrected chi connectivity index (χ3v) is 7.14. The number of benzene rings is 2. The van der Waals surface area contributed by atoms with Gasteiger partial charge in [0.25, 0.3) is 5.91 Å². The largest absolute Gasteiger partial charge is 0.416 e. The van der Waals surface area contributed by atoms with E-state index in [1.165, 1.54) is 4.31 Å². The van der Waals surface area contributed by atoms with Crippen molar-refractivity contribution in [3.8, 4) is 5.69 Å². The van der Waals surface area contributed by atoms with E-state index >= 15 is 0 Å². The molecule has 3 aromatic rings. The van der Waals surface area contributed by atoms with E-state index in [9.17, 15) is 26.4 Å². The summed E-state index contributed by atoms with van der Waals surface area (Å²) >= 11 is 0.